The highest BCUT2D eigenvalue weighted by atomic mass is 35.5. The molecule has 2 aliphatic heterocycles. The van der Waals surface area contributed by atoms with Crippen molar-refractivity contribution in [3.63, 3.8) is 0 Å². The minimum Gasteiger partial charge on any atom is -0.466 e. The van der Waals surface area contributed by atoms with Crippen LogP contribution in [0.25, 0.3) is 32.7 Å². The summed E-state index contributed by atoms with van der Waals surface area (Å²) in [6.07, 6.45) is 2.39. The average Bonchev–Trinajstić information content (AvgIpc) is 3.66. The molecule has 0 bridgehead atoms. The minimum atomic E-state index is -4.25. The second-order valence-corrected chi connectivity index (χ2v) is 15.9. The zero-order valence-corrected chi connectivity index (χ0v) is 33.5. The number of phosphoric ester groups is 1. The number of thiazole rings is 1. The fourth-order valence-corrected chi connectivity index (χ4v) is 8.16. The van der Waals surface area contributed by atoms with E-state index in [9.17, 15) is 23.4 Å². The number of rotatable bonds is 5. The number of benzene rings is 5. The van der Waals surface area contributed by atoms with Crippen LogP contribution in [0, 0.1) is 11.7 Å². The zero-order chi connectivity index (χ0) is 40.1. The van der Waals surface area contributed by atoms with Gasteiger partial charge >= 0.3 is 13.8 Å². The van der Waals surface area contributed by atoms with Gasteiger partial charge in [0.05, 0.1) is 12.7 Å². The van der Waals surface area contributed by atoms with Gasteiger partial charge in [-0.05, 0) is 65.6 Å². The number of phosphoric acid groups is 1. The number of methoxy groups -OCH3 is 1. The Bertz CT molecular complexity index is 2470. The number of aliphatic imine (C=N–C) groups is 1. The molecule has 1 aromatic heterocycles. The number of allylic oxidation sites excluding steroid dienone is 1. The van der Waals surface area contributed by atoms with Crippen molar-refractivity contribution < 1.29 is 37.2 Å². The number of carbonyl (C=O) groups excluding carboxylic acids is 2. The lowest BCUT2D eigenvalue weighted by Gasteiger charge is -2.25. The van der Waals surface area contributed by atoms with E-state index in [-0.39, 0.29) is 10.8 Å². The van der Waals surface area contributed by atoms with Crippen LogP contribution in [0.2, 0.25) is 5.02 Å². The molecule has 56 heavy (non-hydrogen) atoms. The molecule has 2 N–H and O–H groups in total. The molecule has 0 saturated carbocycles. The van der Waals surface area contributed by atoms with E-state index in [4.69, 9.17) is 25.4 Å². The fraction of sp³-hybridized carbons (Fsp3) is 0.190. The van der Waals surface area contributed by atoms with Crippen LogP contribution in [0.3, 0.4) is 0 Å². The van der Waals surface area contributed by atoms with Gasteiger partial charge in [0, 0.05) is 45.4 Å². The molecule has 0 unspecified atom stereocenters. The van der Waals surface area contributed by atoms with Gasteiger partial charge in [0.15, 0.2) is 10.8 Å². The number of esters is 1. The quantitative estimate of drug-likeness (QED) is 0.129. The number of nitrogens with one attached hydrogen (secondary N) is 1. The third-order valence-electron chi connectivity index (χ3n) is 8.69. The van der Waals surface area contributed by atoms with Gasteiger partial charge in [-0.15, -0.1) is 11.3 Å². The zero-order valence-electron chi connectivity index (χ0n) is 31.1. The van der Waals surface area contributed by atoms with E-state index < -0.39 is 25.7 Å². The number of hydrogen-bond acceptors (Lipinski definition) is 10. The molecule has 0 amide bonds. The molecule has 2 aliphatic rings. The lowest BCUT2D eigenvalue weighted by Crippen LogP contribution is -2.32. The van der Waals surface area contributed by atoms with E-state index in [1.807, 2.05) is 79.9 Å². The Hall–Kier alpha value is -5.39. The molecule has 0 radical (unpaired) electrons. The van der Waals surface area contributed by atoms with Crippen LogP contribution in [-0.2, 0) is 18.9 Å². The van der Waals surface area contributed by atoms with Crippen LogP contribution in [0.5, 0.6) is 11.5 Å². The summed E-state index contributed by atoms with van der Waals surface area (Å²) >= 11 is 7.59. The van der Waals surface area contributed by atoms with Gasteiger partial charge in [0.25, 0.3) is 0 Å². The lowest BCUT2D eigenvalue weighted by molar-refractivity contribution is -0.136. The Balaban J connectivity index is 0.000000163. The second-order valence-electron chi connectivity index (χ2n) is 13.3. The Kier molecular flexibility index (Phi) is 12.4. The molecule has 3 heterocycles. The molecule has 0 fully saturated rings. The van der Waals surface area contributed by atoms with Crippen LogP contribution in [0.1, 0.15) is 50.7 Å². The van der Waals surface area contributed by atoms with Crippen LogP contribution in [-0.4, -0.2) is 34.6 Å². The van der Waals surface area contributed by atoms with E-state index in [1.54, 1.807) is 32.2 Å². The maximum atomic E-state index is 13.4. The normalized spacial score (nSPS) is 15.3. The second kappa shape index (κ2) is 17.2. The molecule has 10 nitrogen and oxygen atoms in total. The van der Waals surface area contributed by atoms with Crippen molar-refractivity contribution in [2.75, 3.05) is 7.11 Å². The maximum absolute atomic E-state index is 13.4. The van der Waals surface area contributed by atoms with Crippen molar-refractivity contribution in [1.29, 1.82) is 0 Å². The summed E-state index contributed by atoms with van der Waals surface area (Å²) in [7, 11) is -2.95. The minimum absolute atomic E-state index is 0.193. The molecule has 288 valence electrons. The summed E-state index contributed by atoms with van der Waals surface area (Å²) in [5.74, 6) is 1.06. The summed E-state index contributed by atoms with van der Waals surface area (Å²) in [5, 5.41) is 9.72. The maximum Gasteiger partial charge on any atom is 0.584 e. The van der Waals surface area contributed by atoms with E-state index >= 15 is 0 Å². The first kappa shape index (κ1) is 40.3. The van der Waals surface area contributed by atoms with Gasteiger partial charge in [-0.2, -0.15) is 0 Å². The fourth-order valence-electron chi connectivity index (χ4n) is 6.46. The highest BCUT2D eigenvalue weighted by molar-refractivity contribution is 7.48. The van der Waals surface area contributed by atoms with Gasteiger partial charge in [-0.3, -0.25) is 9.89 Å². The van der Waals surface area contributed by atoms with Crippen molar-refractivity contribution >= 4 is 69.9 Å². The number of ketones is 1. The SMILES string of the molecule is CC(=O)CC(C)C.COC(=O)C1=C(C)NC(c2nccs2)=N[C@H]1c1ccc(F)cc1Cl.O=P1(O)Oc2ccc3ccccc3c2-c2c(ccc3ccccc23)O1. The standard InChI is InChI=1S/C20H13O4P.C16H13ClFN3O2S.C6H12O/c21-25(22)23-17-11-9-13-5-1-3-7-15(13)19(17)20-16-8-4-2-6-14(16)10-12-18(20)24-25;1-8-12(16(22)23-2)13(10-4-3-9(18)7-11(10)17)21-14(20-8)15-19-5-6-24-15;1-5(2)4-6(3)7/h1-12H,(H,21,22);3-7,13H,1-2H3,(H,20,21);5H,4H2,1-3H3/t;13-;/m.0./s1. The Morgan fingerprint density at radius 1 is 0.964 bits per heavy atom. The molecule has 6 aromatic rings. The first-order chi connectivity index (χ1) is 26.8. The summed E-state index contributed by atoms with van der Waals surface area (Å²) in [6.45, 7) is 7.46. The van der Waals surface area contributed by atoms with Crippen molar-refractivity contribution in [3.05, 3.63) is 135 Å². The van der Waals surface area contributed by atoms with Crippen LogP contribution in [0.15, 0.2) is 119 Å². The van der Waals surface area contributed by atoms with Gasteiger partial charge in [0.1, 0.15) is 29.1 Å². The summed E-state index contributed by atoms with van der Waals surface area (Å²) in [5.41, 5.74) is 2.99. The number of aromatic nitrogens is 1. The Morgan fingerprint density at radius 3 is 2.04 bits per heavy atom. The number of Topliss-reactive ketones (excluding diaryl/α,β-unsaturated/α-hetero) is 1. The summed E-state index contributed by atoms with van der Waals surface area (Å²) in [6, 6.07) is 26.3. The number of halogens is 2. The monoisotopic (exact) mass is 813 g/mol. The third kappa shape index (κ3) is 9.01. The molecule has 8 rings (SSSR count). The predicted molar refractivity (Wildman–Crippen MR) is 219 cm³/mol. The van der Waals surface area contributed by atoms with E-state index in [1.165, 1.54) is 36.6 Å². The predicted octanol–water partition coefficient (Wildman–Crippen LogP) is 10.6. The van der Waals surface area contributed by atoms with Crippen molar-refractivity contribution in [1.82, 2.24) is 10.3 Å². The average molecular weight is 814 g/mol. The topological polar surface area (TPSA) is 136 Å². The van der Waals surface area contributed by atoms with Crippen molar-refractivity contribution in [2.24, 2.45) is 10.9 Å². The number of hydrogen-bond donors (Lipinski definition) is 2. The van der Waals surface area contributed by atoms with Crippen molar-refractivity contribution in [3.8, 4) is 22.6 Å². The molecule has 0 saturated heterocycles. The highest BCUT2D eigenvalue weighted by Gasteiger charge is 2.34. The molecule has 14 heteroatoms. The number of ether oxygens (including phenoxy) is 1. The van der Waals surface area contributed by atoms with Gasteiger partial charge in [-0.25, -0.2) is 18.7 Å². The van der Waals surface area contributed by atoms with Gasteiger partial charge in [-0.1, -0.05) is 92.2 Å². The van der Waals surface area contributed by atoms with Crippen LogP contribution in [0.4, 0.5) is 4.39 Å². The molecule has 0 spiro atoms. The first-order valence-corrected chi connectivity index (χ1v) is 20.3. The first-order valence-electron chi connectivity index (χ1n) is 17.5. The van der Waals surface area contributed by atoms with Gasteiger partial charge < -0.3 is 23.9 Å². The van der Waals surface area contributed by atoms with Gasteiger partial charge in [0.2, 0.25) is 0 Å². The molecule has 0 aliphatic carbocycles. The number of fused-ring (bicyclic) bond motifs is 7. The lowest BCUT2D eigenvalue weighted by atomic mass is 9.92. The smallest absolute Gasteiger partial charge is 0.466 e. The number of amidine groups is 1. The van der Waals surface area contributed by atoms with Crippen LogP contribution >= 0.6 is 30.8 Å². The van der Waals surface area contributed by atoms with E-state index in [2.05, 4.69) is 15.3 Å². The number of nitrogens with zero attached hydrogens (tertiary/aromatic N) is 2. The van der Waals surface area contributed by atoms with E-state index in [0.717, 1.165) is 39.1 Å². The van der Waals surface area contributed by atoms with E-state index in [0.29, 0.717) is 45.1 Å². The van der Waals surface area contributed by atoms with Crippen molar-refractivity contribution in [2.45, 2.75) is 40.2 Å². The van der Waals surface area contributed by atoms with Crippen LogP contribution < -0.4 is 14.4 Å². The highest BCUT2D eigenvalue weighted by Crippen LogP contribution is 2.56. The summed E-state index contributed by atoms with van der Waals surface area (Å²) in [4.78, 5) is 41.4. The summed E-state index contributed by atoms with van der Waals surface area (Å²) < 4.78 is 41.3. The molecular formula is C42H38ClFN3O7PS. The molecular weight excluding hydrogens is 776 g/mol. The molecule has 5 aromatic carbocycles. The Morgan fingerprint density at radius 2 is 1.55 bits per heavy atom. The molecule has 1 atom stereocenters. The third-order valence-corrected chi connectivity index (χ3v) is 10.7. The largest absolute Gasteiger partial charge is 0.584 e. The number of carbonyl (C=O) groups is 2. The Labute approximate surface area is 332 Å².